The van der Waals surface area contributed by atoms with Gasteiger partial charge in [0, 0.05) is 45.8 Å². The van der Waals surface area contributed by atoms with Crippen LogP contribution in [0.4, 0.5) is 0 Å². The summed E-state index contributed by atoms with van der Waals surface area (Å²) in [6.45, 7) is 18.5. The summed E-state index contributed by atoms with van der Waals surface area (Å²) in [5.74, 6) is 1.10. The van der Waals surface area contributed by atoms with Gasteiger partial charge in [0.2, 0.25) is 0 Å². The lowest BCUT2D eigenvalue weighted by atomic mass is 9.93. The first-order valence-electron chi connectivity index (χ1n) is 9.30. The Morgan fingerprint density at radius 2 is 1.92 bits per heavy atom. The van der Waals surface area contributed by atoms with Gasteiger partial charge in [-0.15, -0.1) is 24.0 Å². The van der Waals surface area contributed by atoms with Gasteiger partial charge in [-0.05, 0) is 39.0 Å². The zero-order chi connectivity index (χ0) is 16.9. The van der Waals surface area contributed by atoms with Crippen molar-refractivity contribution in [2.24, 2.45) is 10.4 Å². The first kappa shape index (κ1) is 22.0. The second kappa shape index (κ2) is 10.2. The summed E-state index contributed by atoms with van der Waals surface area (Å²) >= 11 is 0. The topological polar surface area (TPSA) is 40.1 Å². The number of morpholine rings is 1. The first-order chi connectivity index (χ1) is 10.9. The average molecular weight is 452 g/mol. The molecule has 2 saturated heterocycles. The fraction of sp³-hybridized carbons (Fsp3) is 0.944. The van der Waals surface area contributed by atoms with Crippen LogP contribution in [0, 0.1) is 5.41 Å². The molecule has 0 aromatic carbocycles. The molecular formula is C18H37IN4O. The molecule has 2 unspecified atom stereocenters. The molecule has 0 aromatic heterocycles. The molecule has 0 bridgehead atoms. The fourth-order valence-electron chi connectivity index (χ4n) is 3.67. The number of halogens is 1. The number of likely N-dealkylation sites (tertiary alicyclic amines) is 1. The molecule has 2 heterocycles. The molecule has 6 heteroatoms. The van der Waals surface area contributed by atoms with Gasteiger partial charge in [-0.2, -0.15) is 0 Å². The molecule has 24 heavy (non-hydrogen) atoms. The molecule has 2 aliphatic rings. The quantitative estimate of drug-likeness (QED) is 0.302. The Morgan fingerprint density at radius 3 is 2.46 bits per heavy atom. The van der Waals surface area contributed by atoms with E-state index in [1.165, 1.54) is 6.42 Å². The highest BCUT2D eigenvalue weighted by molar-refractivity contribution is 14.0. The van der Waals surface area contributed by atoms with E-state index >= 15 is 0 Å². The van der Waals surface area contributed by atoms with Gasteiger partial charge in [0.1, 0.15) is 0 Å². The van der Waals surface area contributed by atoms with E-state index in [0.717, 1.165) is 58.2 Å². The lowest BCUT2D eigenvalue weighted by Crippen LogP contribution is -2.45. The van der Waals surface area contributed by atoms with E-state index in [1.807, 2.05) is 0 Å². The van der Waals surface area contributed by atoms with E-state index in [-0.39, 0.29) is 24.0 Å². The van der Waals surface area contributed by atoms with Crippen LogP contribution in [0.1, 0.15) is 47.5 Å². The standard InChI is InChI=1S/C18H36N4O.HI/c1-6-19-17(22-11-8-18(4,5)14-22)20-9-7-10-21-12-15(2)23-16(3)13-21;/h15-16H,6-14H2,1-5H3,(H,19,20);1H. The van der Waals surface area contributed by atoms with Crippen LogP contribution in [0.2, 0.25) is 0 Å². The minimum Gasteiger partial charge on any atom is -0.373 e. The summed E-state index contributed by atoms with van der Waals surface area (Å²) in [6.07, 6.45) is 3.07. The largest absolute Gasteiger partial charge is 0.373 e. The number of rotatable bonds is 5. The van der Waals surface area contributed by atoms with Crippen LogP contribution in [0.15, 0.2) is 4.99 Å². The molecule has 142 valence electrons. The number of ether oxygens (including phenoxy) is 1. The highest BCUT2D eigenvalue weighted by Gasteiger charge is 2.30. The fourth-order valence-corrected chi connectivity index (χ4v) is 3.67. The molecule has 0 aromatic rings. The lowest BCUT2D eigenvalue weighted by molar-refractivity contribution is -0.0679. The molecule has 0 amide bonds. The van der Waals surface area contributed by atoms with Gasteiger partial charge < -0.3 is 15.0 Å². The molecule has 2 aliphatic heterocycles. The molecular weight excluding hydrogens is 415 g/mol. The highest BCUT2D eigenvalue weighted by Crippen LogP contribution is 2.28. The van der Waals surface area contributed by atoms with Crippen molar-refractivity contribution in [3.05, 3.63) is 0 Å². The molecule has 1 N–H and O–H groups in total. The van der Waals surface area contributed by atoms with Gasteiger partial charge in [0.25, 0.3) is 0 Å². The SMILES string of the molecule is CCNC(=NCCCN1CC(C)OC(C)C1)N1CCC(C)(C)C1.I. The smallest absolute Gasteiger partial charge is 0.193 e. The number of aliphatic imine (C=N–C) groups is 1. The number of hydrogen-bond donors (Lipinski definition) is 1. The Labute approximate surface area is 165 Å². The zero-order valence-electron chi connectivity index (χ0n) is 16.2. The highest BCUT2D eigenvalue weighted by atomic mass is 127. The summed E-state index contributed by atoms with van der Waals surface area (Å²) in [6, 6.07) is 0. The van der Waals surface area contributed by atoms with Crippen LogP contribution in [-0.4, -0.2) is 73.8 Å². The van der Waals surface area contributed by atoms with Gasteiger partial charge in [-0.3, -0.25) is 9.89 Å². The summed E-state index contributed by atoms with van der Waals surface area (Å²) in [4.78, 5) is 9.79. The second-order valence-corrected chi connectivity index (χ2v) is 7.94. The van der Waals surface area contributed by atoms with Gasteiger partial charge in [0.15, 0.2) is 5.96 Å². The molecule has 2 fully saturated rings. The van der Waals surface area contributed by atoms with Crippen molar-refractivity contribution in [2.75, 3.05) is 45.8 Å². The molecule has 2 atom stereocenters. The van der Waals surface area contributed by atoms with Crippen LogP contribution in [0.5, 0.6) is 0 Å². The maximum atomic E-state index is 5.79. The Bertz CT molecular complexity index is 392. The summed E-state index contributed by atoms with van der Waals surface area (Å²) in [5, 5.41) is 3.46. The molecule has 0 radical (unpaired) electrons. The maximum absolute atomic E-state index is 5.79. The molecule has 0 aliphatic carbocycles. The van der Waals surface area contributed by atoms with E-state index in [9.17, 15) is 0 Å². The van der Waals surface area contributed by atoms with Crippen LogP contribution >= 0.6 is 24.0 Å². The monoisotopic (exact) mass is 452 g/mol. The number of guanidine groups is 1. The van der Waals surface area contributed by atoms with Gasteiger partial charge in [0.05, 0.1) is 12.2 Å². The van der Waals surface area contributed by atoms with E-state index in [0.29, 0.717) is 17.6 Å². The predicted octanol–water partition coefficient (Wildman–Crippen LogP) is 2.80. The van der Waals surface area contributed by atoms with Crippen molar-refractivity contribution in [3.63, 3.8) is 0 Å². The minimum atomic E-state index is 0. The zero-order valence-corrected chi connectivity index (χ0v) is 18.5. The third-order valence-electron chi connectivity index (χ3n) is 4.70. The van der Waals surface area contributed by atoms with E-state index in [4.69, 9.17) is 9.73 Å². The van der Waals surface area contributed by atoms with Crippen LogP contribution in [0.3, 0.4) is 0 Å². The van der Waals surface area contributed by atoms with E-state index < -0.39 is 0 Å². The van der Waals surface area contributed by atoms with Crippen molar-refractivity contribution >= 4 is 29.9 Å². The van der Waals surface area contributed by atoms with Crippen LogP contribution in [0.25, 0.3) is 0 Å². The van der Waals surface area contributed by atoms with Crippen molar-refractivity contribution in [3.8, 4) is 0 Å². The summed E-state index contributed by atoms with van der Waals surface area (Å²) in [7, 11) is 0. The molecule has 2 rings (SSSR count). The van der Waals surface area contributed by atoms with Crippen molar-refractivity contribution in [2.45, 2.75) is 59.7 Å². The lowest BCUT2D eigenvalue weighted by Gasteiger charge is -2.35. The Hall–Kier alpha value is -0.0800. The van der Waals surface area contributed by atoms with Gasteiger partial charge >= 0.3 is 0 Å². The normalized spacial score (nSPS) is 27.9. The maximum Gasteiger partial charge on any atom is 0.193 e. The van der Waals surface area contributed by atoms with E-state index in [2.05, 4.69) is 49.7 Å². The Kier molecular flexibility index (Phi) is 9.30. The second-order valence-electron chi connectivity index (χ2n) is 7.94. The number of hydrogen-bond acceptors (Lipinski definition) is 3. The third-order valence-corrected chi connectivity index (χ3v) is 4.70. The van der Waals surface area contributed by atoms with Crippen molar-refractivity contribution < 1.29 is 4.74 Å². The van der Waals surface area contributed by atoms with Crippen molar-refractivity contribution in [1.29, 1.82) is 0 Å². The number of nitrogens with zero attached hydrogens (tertiary/aromatic N) is 3. The first-order valence-corrected chi connectivity index (χ1v) is 9.30. The molecule has 5 nitrogen and oxygen atoms in total. The van der Waals surface area contributed by atoms with Crippen LogP contribution < -0.4 is 5.32 Å². The van der Waals surface area contributed by atoms with E-state index in [1.54, 1.807) is 0 Å². The summed E-state index contributed by atoms with van der Waals surface area (Å²) < 4.78 is 5.79. The third kappa shape index (κ3) is 7.04. The van der Waals surface area contributed by atoms with Gasteiger partial charge in [-0.1, -0.05) is 13.8 Å². The molecule has 0 saturated carbocycles. The molecule has 0 spiro atoms. The Balaban J connectivity index is 0.00000288. The average Bonchev–Trinajstić information content (AvgIpc) is 2.81. The Morgan fingerprint density at radius 1 is 1.25 bits per heavy atom. The van der Waals surface area contributed by atoms with Crippen molar-refractivity contribution in [1.82, 2.24) is 15.1 Å². The van der Waals surface area contributed by atoms with Crippen LogP contribution in [-0.2, 0) is 4.74 Å². The predicted molar refractivity (Wildman–Crippen MR) is 112 cm³/mol. The van der Waals surface area contributed by atoms with Gasteiger partial charge in [-0.25, -0.2) is 0 Å². The summed E-state index contributed by atoms with van der Waals surface area (Å²) in [5.41, 5.74) is 0.413. The minimum absolute atomic E-state index is 0. The number of nitrogens with one attached hydrogen (secondary N) is 1.